The van der Waals surface area contributed by atoms with E-state index in [9.17, 15) is 18.0 Å². The van der Waals surface area contributed by atoms with Gasteiger partial charge in [0, 0.05) is 23.4 Å². The molecule has 176 valence electrons. The molecule has 0 atom stereocenters. The van der Waals surface area contributed by atoms with Crippen molar-refractivity contribution in [2.75, 3.05) is 6.26 Å². The van der Waals surface area contributed by atoms with E-state index in [1.807, 2.05) is 6.92 Å². The van der Waals surface area contributed by atoms with Crippen molar-refractivity contribution < 1.29 is 13.2 Å². The summed E-state index contributed by atoms with van der Waals surface area (Å²) >= 11 is 12.8. The van der Waals surface area contributed by atoms with E-state index >= 15 is 0 Å². The van der Waals surface area contributed by atoms with Crippen LogP contribution in [0.15, 0.2) is 45.1 Å². The third-order valence-electron chi connectivity index (χ3n) is 5.64. The van der Waals surface area contributed by atoms with Crippen molar-refractivity contribution >= 4 is 44.1 Å². The Balaban J connectivity index is 1.57. The highest BCUT2D eigenvalue weighted by atomic mass is 35.5. The predicted octanol–water partition coefficient (Wildman–Crippen LogP) is 3.49. The summed E-state index contributed by atoms with van der Waals surface area (Å²) < 4.78 is 32.4. The van der Waals surface area contributed by atoms with E-state index in [0.29, 0.717) is 16.8 Å². The number of rotatable bonds is 5. The smallest absolute Gasteiger partial charge is 0.342 e. The van der Waals surface area contributed by atoms with Gasteiger partial charge >= 0.3 is 5.69 Å². The summed E-state index contributed by atoms with van der Waals surface area (Å²) in [5.74, 6) is 0.508. The Kier molecular flexibility index (Phi) is 5.12. The zero-order valence-electron chi connectivity index (χ0n) is 17.8. The molecule has 0 unspecified atom stereocenters. The summed E-state index contributed by atoms with van der Waals surface area (Å²) in [7, 11) is -3.55. The van der Waals surface area contributed by atoms with Gasteiger partial charge in [0.1, 0.15) is 5.75 Å². The molecule has 0 saturated heterocycles. The van der Waals surface area contributed by atoms with E-state index in [2.05, 4.69) is 20.2 Å². The molecule has 1 saturated carbocycles. The van der Waals surface area contributed by atoms with Gasteiger partial charge in [0.25, 0.3) is 5.56 Å². The van der Waals surface area contributed by atoms with Gasteiger partial charge in [-0.1, -0.05) is 23.2 Å². The molecule has 0 bridgehead atoms. The van der Waals surface area contributed by atoms with Gasteiger partial charge < -0.3 is 9.30 Å². The van der Waals surface area contributed by atoms with Crippen LogP contribution in [0.3, 0.4) is 0 Å². The third-order valence-corrected chi connectivity index (χ3v) is 7.14. The molecule has 0 aliphatic heterocycles. The minimum Gasteiger partial charge on any atom is -0.454 e. The number of hydrogen-bond acceptors (Lipinski definition) is 7. The maximum Gasteiger partial charge on any atom is 0.342 e. The highest BCUT2D eigenvalue weighted by Crippen LogP contribution is 2.47. The van der Waals surface area contributed by atoms with Gasteiger partial charge in [0.2, 0.25) is 15.0 Å². The zero-order valence-corrected chi connectivity index (χ0v) is 20.2. The third kappa shape index (κ3) is 3.89. The van der Waals surface area contributed by atoms with Crippen LogP contribution in [0.2, 0.25) is 10.0 Å². The molecule has 0 radical (unpaired) electrons. The summed E-state index contributed by atoms with van der Waals surface area (Å²) in [4.78, 5) is 29.7. The van der Waals surface area contributed by atoms with E-state index in [-0.39, 0.29) is 37.7 Å². The Bertz CT molecular complexity index is 1680. The summed E-state index contributed by atoms with van der Waals surface area (Å²) in [6, 6.07) is 7.87. The molecule has 13 heteroatoms. The molecule has 10 nitrogen and oxygen atoms in total. The maximum atomic E-state index is 12.4. The number of sulfone groups is 1. The number of imidazole rings is 1. The van der Waals surface area contributed by atoms with Crippen LogP contribution in [-0.2, 0) is 15.4 Å². The van der Waals surface area contributed by atoms with Crippen LogP contribution in [0, 0.1) is 0 Å². The Morgan fingerprint density at radius 2 is 1.79 bits per heavy atom. The standard InChI is InChI=1S/C21H17Cl2N5O5S/c1-21(5-6-21)28-15-9-11(3-4-14(15)24-20(28)34(2,31)32)33-17-12(22)7-10(8-13(17)23)16-18(29)25-19(30)27-26-16/h3-4,7-9H,5-6H2,1-2H3,(H2,25,27,29,30). The minimum absolute atomic E-state index is 0.0127. The van der Waals surface area contributed by atoms with Crippen LogP contribution in [0.5, 0.6) is 11.5 Å². The van der Waals surface area contributed by atoms with Crippen molar-refractivity contribution in [3.63, 3.8) is 0 Å². The van der Waals surface area contributed by atoms with Crippen molar-refractivity contribution in [1.29, 1.82) is 0 Å². The van der Waals surface area contributed by atoms with E-state index in [1.54, 1.807) is 22.8 Å². The first-order valence-electron chi connectivity index (χ1n) is 10.1. The highest BCUT2D eigenvalue weighted by Gasteiger charge is 2.43. The molecule has 5 rings (SSSR count). The van der Waals surface area contributed by atoms with Crippen LogP contribution in [-0.4, -0.2) is 39.4 Å². The summed E-state index contributed by atoms with van der Waals surface area (Å²) in [5.41, 5.74) is -0.404. The van der Waals surface area contributed by atoms with E-state index in [0.717, 1.165) is 19.1 Å². The summed E-state index contributed by atoms with van der Waals surface area (Å²) in [6.07, 6.45) is 2.81. The topological polar surface area (TPSA) is 140 Å². The van der Waals surface area contributed by atoms with Crippen LogP contribution in [0.1, 0.15) is 19.8 Å². The Labute approximate surface area is 202 Å². The highest BCUT2D eigenvalue weighted by molar-refractivity contribution is 7.90. The van der Waals surface area contributed by atoms with Crippen molar-refractivity contribution in [3.05, 3.63) is 61.2 Å². The average Bonchev–Trinajstić information content (AvgIpc) is 3.35. The fourth-order valence-corrected chi connectivity index (χ4v) is 5.21. The lowest BCUT2D eigenvalue weighted by Crippen LogP contribution is -2.25. The van der Waals surface area contributed by atoms with Gasteiger partial charge in [0.05, 0.1) is 21.1 Å². The molecule has 4 aromatic rings. The molecule has 2 aromatic heterocycles. The number of nitrogens with zero attached hydrogens (tertiary/aromatic N) is 3. The maximum absolute atomic E-state index is 12.4. The van der Waals surface area contributed by atoms with Crippen LogP contribution >= 0.6 is 23.2 Å². The Morgan fingerprint density at radius 3 is 2.38 bits per heavy atom. The number of halogens is 2. The molecule has 2 heterocycles. The number of fused-ring (bicyclic) bond motifs is 1. The Hall–Kier alpha value is -3.15. The van der Waals surface area contributed by atoms with Gasteiger partial charge in [-0.05, 0) is 44.0 Å². The first-order valence-corrected chi connectivity index (χ1v) is 12.7. The predicted molar refractivity (Wildman–Crippen MR) is 127 cm³/mol. The van der Waals surface area contributed by atoms with Crippen molar-refractivity contribution in [2.45, 2.75) is 30.5 Å². The molecular formula is C21H17Cl2N5O5S. The normalized spacial score (nSPS) is 14.9. The lowest BCUT2D eigenvalue weighted by Gasteiger charge is -2.16. The molecule has 2 N–H and O–H groups in total. The molecule has 1 aliphatic carbocycles. The lowest BCUT2D eigenvalue weighted by molar-refractivity contribution is 0.477. The number of nitrogens with one attached hydrogen (secondary N) is 2. The van der Waals surface area contributed by atoms with E-state index in [4.69, 9.17) is 27.9 Å². The van der Waals surface area contributed by atoms with Crippen molar-refractivity contribution in [2.24, 2.45) is 0 Å². The molecule has 34 heavy (non-hydrogen) atoms. The number of H-pyrrole nitrogens is 2. The summed E-state index contributed by atoms with van der Waals surface area (Å²) in [5, 5.41) is 6.12. The fourth-order valence-electron chi connectivity index (χ4n) is 3.73. The largest absolute Gasteiger partial charge is 0.454 e. The van der Waals surface area contributed by atoms with Gasteiger partial charge in [-0.15, -0.1) is 0 Å². The van der Waals surface area contributed by atoms with Crippen LogP contribution in [0.25, 0.3) is 22.3 Å². The molecule has 0 spiro atoms. The molecule has 1 aliphatic rings. The van der Waals surface area contributed by atoms with Gasteiger partial charge in [-0.2, -0.15) is 5.10 Å². The molecule has 1 fully saturated rings. The lowest BCUT2D eigenvalue weighted by atomic mass is 10.1. The number of aromatic nitrogens is 5. The zero-order chi connectivity index (χ0) is 24.4. The number of benzene rings is 2. The second kappa shape index (κ2) is 7.69. The Morgan fingerprint density at radius 1 is 1.12 bits per heavy atom. The SMILES string of the molecule is CC1(n2c(S(C)(=O)=O)nc3ccc(Oc4c(Cl)cc(-c5n[nH]c(=O)[nH]c5=O)cc4Cl)cc32)CC1. The van der Waals surface area contributed by atoms with Crippen LogP contribution < -0.4 is 16.0 Å². The average molecular weight is 522 g/mol. The van der Waals surface area contributed by atoms with Crippen molar-refractivity contribution in [3.8, 4) is 22.8 Å². The first-order chi connectivity index (χ1) is 16.0. The number of aromatic amines is 2. The van der Waals surface area contributed by atoms with Gasteiger partial charge in [-0.25, -0.2) is 23.3 Å². The second-order valence-corrected chi connectivity index (χ2v) is 11.1. The fraction of sp³-hybridized carbons (Fsp3) is 0.238. The molecular weight excluding hydrogens is 505 g/mol. The first kappa shape index (κ1) is 22.6. The van der Waals surface area contributed by atoms with Crippen LogP contribution in [0.4, 0.5) is 0 Å². The number of hydrogen-bond donors (Lipinski definition) is 2. The van der Waals surface area contributed by atoms with E-state index < -0.39 is 21.1 Å². The molecule has 0 amide bonds. The number of ether oxygens (including phenoxy) is 1. The quantitative estimate of drug-likeness (QED) is 0.409. The van der Waals surface area contributed by atoms with Gasteiger partial charge in [0.15, 0.2) is 11.4 Å². The van der Waals surface area contributed by atoms with Crippen molar-refractivity contribution in [1.82, 2.24) is 24.7 Å². The summed E-state index contributed by atoms with van der Waals surface area (Å²) in [6.45, 7) is 1.98. The second-order valence-electron chi connectivity index (χ2n) is 8.38. The monoisotopic (exact) mass is 521 g/mol. The minimum atomic E-state index is -3.55. The van der Waals surface area contributed by atoms with Gasteiger partial charge in [-0.3, -0.25) is 9.78 Å². The molecule has 2 aromatic carbocycles. The van der Waals surface area contributed by atoms with E-state index in [1.165, 1.54) is 12.1 Å².